The number of anilines is 1. The van der Waals surface area contributed by atoms with Gasteiger partial charge >= 0.3 is 5.97 Å². The third-order valence-corrected chi connectivity index (χ3v) is 3.90. The minimum absolute atomic E-state index is 0.0698. The van der Waals surface area contributed by atoms with Crippen LogP contribution in [-0.2, 0) is 0 Å². The average molecular weight is 298 g/mol. The fraction of sp³-hybridized carbons (Fsp3) is 0.571. The van der Waals surface area contributed by atoms with Crippen LogP contribution in [0.25, 0.3) is 0 Å². The summed E-state index contributed by atoms with van der Waals surface area (Å²) in [5.74, 6) is 0.321. The van der Waals surface area contributed by atoms with E-state index in [1.54, 1.807) is 12.1 Å². The zero-order valence-electron chi connectivity index (χ0n) is 11.8. The largest absolute Gasteiger partial charge is 0.476 e. The number of hydrogen-bond donors (Lipinski definition) is 1. The lowest BCUT2D eigenvalue weighted by molar-refractivity contribution is 0.0691. The number of carbonyl (C=O) groups is 1. The first kappa shape index (κ1) is 15.1. The number of halogens is 1. The maximum atomic E-state index is 11.1. The standard InChI is InChI=1S/C14H20ClN3O2/c1-17(2)9-10-5-7-18(8-6-10)12-4-3-11(15)13(16-12)14(19)20/h3-4,10H,5-9H2,1-2H3,(H,19,20). The molecule has 0 aromatic carbocycles. The van der Waals surface area contributed by atoms with Crippen molar-refractivity contribution in [3.63, 3.8) is 0 Å². The highest BCUT2D eigenvalue weighted by Gasteiger charge is 2.22. The maximum Gasteiger partial charge on any atom is 0.356 e. The summed E-state index contributed by atoms with van der Waals surface area (Å²) in [4.78, 5) is 19.6. The van der Waals surface area contributed by atoms with Gasteiger partial charge in [0.1, 0.15) is 5.82 Å². The van der Waals surface area contributed by atoms with E-state index in [9.17, 15) is 4.79 Å². The molecule has 1 N–H and O–H groups in total. The molecule has 0 amide bonds. The number of hydrogen-bond acceptors (Lipinski definition) is 4. The van der Waals surface area contributed by atoms with Crippen LogP contribution in [0.15, 0.2) is 12.1 Å². The van der Waals surface area contributed by atoms with Gasteiger partial charge in [0, 0.05) is 19.6 Å². The molecule has 0 unspecified atom stereocenters. The first-order chi connectivity index (χ1) is 9.47. The van der Waals surface area contributed by atoms with Crippen molar-refractivity contribution in [1.82, 2.24) is 9.88 Å². The second-order valence-electron chi connectivity index (χ2n) is 5.50. The van der Waals surface area contributed by atoms with Gasteiger partial charge in [-0.05, 0) is 45.0 Å². The first-order valence-electron chi connectivity index (χ1n) is 6.77. The molecule has 1 aliphatic rings. The number of carboxylic acids is 1. The summed E-state index contributed by atoms with van der Waals surface area (Å²) in [5.41, 5.74) is -0.0698. The summed E-state index contributed by atoms with van der Waals surface area (Å²) in [6, 6.07) is 3.40. The molecule has 0 bridgehead atoms. The molecule has 2 heterocycles. The van der Waals surface area contributed by atoms with Crippen molar-refractivity contribution >= 4 is 23.4 Å². The first-order valence-corrected chi connectivity index (χ1v) is 7.14. The highest BCUT2D eigenvalue weighted by atomic mass is 35.5. The number of carboxylic acid groups (broad SMARTS) is 1. The number of aromatic carboxylic acids is 1. The molecule has 1 fully saturated rings. The zero-order chi connectivity index (χ0) is 14.7. The Hall–Kier alpha value is -1.33. The van der Waals surface area contributed by atoms with Crippen LogP contribution in [0, 0.1) is 5.92 Å². The van der Waals surface area contributed by atoms with E-state index >= 15 is 0 Å². The van der Waals surface area contributed by atoms with Gasteiger partial charge in [-0.25, -0.2) is 9.78 Å². The Morgan fingerprint density at radius 3 is 2.65 bits per heavy atom. The highest BCUT2D eigenvalue weighted by molar-refractivity contribution is 6.33. The van der Waals surface area contributed by atoms with Crippen LogP contribution in [0.3, 0.4) is 0 Å². The van der Waals surface area contributed by atoms with Crippen LogP contribution in [0.4, 0.5) is 5.82 Å². The summed E-state index contributed by atoms with van der Waals surface area (Å²) in [7, 11) is 4.18. The van der Waals surface area contributed by atoms with Gasteiger partial charge in [-0.15, -0.1) is 0 Å². The molecular weight excluding hydrogens is 278 g/mol. The molecule has 2 rings (SSSR count). The van der Waals surface area contributed by atoms with Crippen LogP contribution < -0.4 is 4.90 Å². The second-order valence-corrected chi connectivity index (χ2v) is 5.90. The third kappa shape index (κ3) is 3.61. The predicted molar refractivity (Wildman–Crippen MR) is 79.7 cm³/mol. The van der Waals surface area contributed by atoms with E-state index in [0.29, 0.717) is 11.7 Å². The number of rotatable bonds is 4. The van der Waals surface area contributed by atoms with Crippen molar-refractivity contribution in [3.8, 4) is 0 Å². The van der Waals surface area contributed by atoms with Gasteiger partial charge < -0.3 is 14.9 Å². The summed E-state index contributed by atoms with van der Waals surface area (Å²) < 4.78 is 0. The second kappa shape index (κ2) is 6.41. The van der Waals surface area contributed by atoms with Crippen molar-refractivity contribution < 1.29 is 9.90 Å². The molecule has 0 atom stereocenters. The molecule has 0 saturated carbocycles. The Morgan fingerprint density at radius 2 is 2.10 bits per heavy atom. The maximum absolute atomic E-state index is 11.1. The number of nitrogens with zero attached hydrogens (tertiary/aromatic N) is 3. The Labute approximate surface area is 124 Å². The predicted octanol–water partition coefficient (Wildman–Crippen LogP) is 2.21. The van der Waals surface area contributed by atoms with Gasteiger partial charge in [0.15, 0.2) is 5.69 Å². The van der Waals surface area contributed by atoms with Crippen molar-refractivity contribution in [2.24, 2.45) is 5.92 Å². The molecule has 110 valence electrons. The average Bonchev–Trinajstić information content (AvgIpc) is 2.39. The van der Waals surface area contributed by atoms with Gasteiger partial charge in [0.05, 0.1) is 5.02 Å². The zero-order valence-corrected chi connectivity index (χ0v) is 12.6. The molecule has 1 saturated heterocycles. The summed E-state index contributed by atoms with van der Waals surface area (Å²) >= 11 is 5.84. The van der Waals surface area contributed by atoms with Crippen LogP contribution in [-0.4, -0.2) is 54.7 Å². The van der Waals surface area contributed by atoms with Crippen LogP contribution in [0.5, 0.6) is 0 Å². The van der Waals surface area contributed by atoms with Crippen LogP contribution >= 0.6 is 11.6 Å². The smallest absolute Gasteiger partial charge is 0.356 e. The SMILES string of the molecule is CN(C)CC1CCN(c2ccc(Cl)c(C(=O)O)n2)CC1. The minimum Gasteiger partial charge on any atom is -0.476 e. The van der Waals surface area contributed by atoms with Gasteiger partial charge in [0.2, 0.25) is 0 Å². The summed E-state index contributed by atoms with van der Waals surface area (Å²) in [6.07, 6.45) is 2.20. The van der Waals surface area contributed by atoms with E-state index in [2.05, 4.69) is 28.9 Å². The van der Waals surface area contributed by atoms with Gasteiger partial charge in [-0.1, -0.05) is 11.6 Å². The molecule has 0 aliphatic carbocycles. The van der Waals surface area contributed by atoms with Crippen molar-refractivity contribution in [2.45, 2.75) is 12.8 Å². The van der Waals surface area contributed by atoms with Gasteiger partial charge in [-0.3, -0.25) is 0 Å². The molecule has 5 nitrogen and oxygen atoms in total. The Morgan fingerprint density at radius 1 is 1.45 bits per heavy atom. The van der Waals surface area contributed by atoms with Crippen LogP contribution in [0.1, 0.15) is 23.3 Å². The molecule has 1 aromatic rings. The Balaban J connectivity index is 2.03. The van der Waals surface area contributed by atoms with Gasteiger partial charge in [0.25, 0.3) is 0 Å². The van der Waals surface area contributed by atoms with E-state index < -0.39 is 5.97 Å². The lowest BCUT2D eigenvalue weighted by Crippen LogP contribution is -2.37. The molecule has 0 spiro atoms. The lowest BCUT2D eigenvalue weighted by atomic mass is 9.96. The summed E-state index contributed by atoms with van der Waals surface area (Å²) in [6.45, 7) is 2.92. The molecule has 20 heavy (non-hydrogen) atoms. The summed E-state index contributed by atoms with van der Waals surface area (Å²) in [5, 5.41) is 9.24. The number of pyridine rings is 1. The Bertz CT molecular complexity index is 485. The molecule has 6 heteroatoms. The normalized spacial score (nSPS) is 16.7. The Kier molecular flexibility index (Phi) is 4.83. The van der Waals surface area contributed by atoms with Gasteiger partial charge in [-0.2, -0.15) is 0 Å². The third-order valence-electron chi connectivity index (χ3n) is 3.60. The molecule has 0 radical (unpaired) electrons. The minimum atomic E-state index is -1.08. The van der Waals surface area contributed by atoms with Crippen molar-refractivity contribution in [3.05, 3.63) is 22.8 Å². The quantitative estimate of drug-likeness (QED) is 0.923. The van der Waals surface area contributed by atoms with Crippen LogP contribution in [0.2, 0.25) is 5.02 Å². The molecule has 1 aliphatic heterocycles. The topological polar surface area (TPSA) is 56.7 Å². The van der Waals surface area contributed by atoms with Crippen molar-refractivity contribution in [1.29, 1.82) is 0 Å². The fourth-order valence-electron chi connectivity index (χ4n) is 2.62. The lowest BCUT2D eigenvalue weighted by Gasteiger charge is -2.34. The number of piperidine rings is 1. The van der Waals surface area contributed by atoms with E-state index in [0.717, 1.165) is 32.5 Å². The van der Waals surface area contributed by atoms with Crippen molar-refractivity contribution in [2.75, 3.05) is 38.6 Å². The number of aromatic nitrogens is 1. The highest BCUT2D eigenvalue weighted by Crippen LogP contribution is 2.24. The molecular formula is C14H20ClN3O2. The monoisotopic (exact) mass is 297 g/mol. The van der Waals surface area contributed by atoms with E-state index in [1.807, 2.05) is 0 Å². The van der Waals surface area contributed by atoms with E-state index in [-0.39, 0.29) is 10.7 Å². The van der Waals surface area contributed by atoms with E-state index in [4.69, 9.17) is 16.7 Å². The molecule has 1 aromatic heterocycles. The fourth-order valence-corrected chi connectivity index (χ4v) is 2.81. The van der Waals surface area contributed by atoms with E-state index in [1.165, 1.54) is 0 Å².